The highest BCUT2D eigenvalue weighted by molar-refractivity contribution is 7.93. The summed E-state index contributed by atoms with van der Waals surface area (Å²) in [5.41, 5.74) is 3.68. The Balaban J connectivity index is 1.51. The number of nitrogens with zero attached hydrogens (tertiary/aromatic N) is 3. The molecule has 4 aromatic rings. The first-order chi connectivity index (χ1) is 16.9. The van der Waals surface area contributed by atoms with Gasteiger partial charge in [0.2, 0.25) is 20.1 Å². The average Bonchev–Trinajstić information content (AvgIpc) is 3.40. The highest BCUT2D eigenvalue weighted by atomic mass is 32.2. The van der Waals surface area contributed by atoms with Gasteiger partial charge in [-0.3, -0.25) is 9.10 Å². The molecule has 1 aliphatic heterocycles. The number of hydrogen-bond acceptors (Lipinski definition) is 9. The minimum atomic E-state index is -3.88. The molecule has 0 saturated heterocycles. The maximum Gasteiger partial charge on any atom is 0.264 e. The van der Waals surface area contributed by atoms with E-state index in [1.807, 2.05) is 25.1 Å². The number of aromatic nitrogens is 2. The van der Waals surface area contributed by atoms with Crippen molar-refractivity contribution < 1.29 is 21.6 Å². The molecule has 1 N–H and O–H groups in total. The molecule has 0 atom stereocenters. The van der Waals surface area contributed by atoms with Gasteiger partial charge in [0.15, 0.2) is 5.13 Å². The number of sulfone groups is 1. The number of fused-ring (bicyclic) bond motifs is 2. The third-order valence-electron chi connectivity index (χ3n) is 5.74. The van der Waals surface area contributed by atoms with Crippen LogP contribution in [-0.2, 0) is 31.1 Å². The molecule has 0 saturated carbocycles. The number of amides is 1. The number of aryl methyl sites for hydroxylation is 2. The maximum absolute atomic E-state index is 13.7. The lowest BCUT2D eigenvalue weighted by atomic mass is 10.00. The van der Waals surface area contributed by atoms with Gasteiger partial charge in [-0.2, -0.15) is 0 Å². The maximum atomic E-state index is 13.7. The molecule has 0 aliphatic carbocycles. The Morgan fingerprint density at radius 2 is 1.83 bits per heavy atom. The summed E-state index contributed by atoms with van der Waals surface area (Å²) in [5.74, 6) is -0.189. The number of benzene rings is 2. The molecule has 0 bridgehead atoms. The Hall–Kier alpha value is -2.87. The Morgan fingerprint density at radius 1 is 1.06 bits per heavy atom. The zero-order valence-corrected chi connectivity index (χ0v) is 22.9. The Kier molecular flexibility index (Phi) is 6.14. The Bertz CT molecular complexity index is 1740. The van der Waals surface area contributed by atoms with Crippen LogP contribution >= 0.6 is 22.7 Å². The molecule has 2 aromatic heterocycles. The molecule has 5 rings (SSSR count). The molecule has 3 heterocycles. The molecule has 1 aliphatic rings. The second kappa shape index (κ2) is 8.91. The van der Waals surface area contributed by atoms with Crippen LogP contribution in [0.15, 0.2) is 45.6 Å². The zero-order valence-electron chi connectivity index (χ0n) is 19.6. The van der Waals surface area contributed by atoms with E-state index in [1.165, 1.54) is 34.7 Å². The lowest BCUT2D eigenvalue weighted by Crippen LogP contribution is -2.35. The Labute approximate surface area is 216 Å². The van der Waals surface area contributed by atoms with Crippen molar-refractivity contribution >= 4 is 69.5 Å². The standard InChI is InChI=1S/C23H22N4O5S4/c1-13-21(34-22(24-13)25-14(2)28)16-6-9-19-15(11-16)5-4-10-27(19)36(31,32)17-7-8-18-20(12-17)33-23(26-18)35(3,29)30/h6-9,11-12H,4-5,10H2,1-3H3,(H,24,25,28). The number of nitrogens with one attached hydrogen (secondary N) is 1. The predicted octanol–water partition coefficient (Wildman–Crippen LogP) is 4.23. The van der Waals surface area contributed by atoms with E-state index in [4.69, 9.17) is 0 Å². The Morgan fingerprint density at radius 3 is 2.56 bits per heavy atom. The summed E-state index contributed by atoms with van der Waals surface area (Å²) in [5, 5.41) is 3.23. The molecule has 0 spiro atoms. The van der Waals surface area contributed by atoms with Gasteiger partial charge < -0.3 is 5.32 Å². The van der Waals surface area contributed by atoms with Gasteiger partial charge in [-0.25, -0.2) is 26.8 Å². The molecule has 2 aromatic carbocycles. The molecule has 188 valence electrons. The van der Waals surface area contributed by atoms with Crippen LogP contribution in [0.1, 0.15) is 24.6 Å². The van der Waals surface area contributed by atoms with Gasteiger partial charge in [-0.1, -0.05) is 17.4 Å². The number of carbonyl (C=O) groups excluding carboxylic acids is 1. The van der Waals surface area contributed by atoms with Crippen molar-refractivity contribution in [1.82, 2.24) is 9.97 Å². The van der Waals surface area contributed by atoms with Crippen LogP contribution in [-0.4, -0.2) is 45.5 Å². The number of hydrogen-bond donors (Lipinski definition) is 1. The van der Waals surface area contributed by atoms with E-state index in [0.29, 0.717) is 34.0 Å². The lowest BCUT2D eigenvalue weighted by molar-refractivity contribution is -0.114. The summed E-state index contributed by atoms with van der Waals surface area (Å²) in [6.07, 6.45) is 2.47. The molecule has 0 fully saturated rings. The molecule has 1 amide bonds. The minimum absolute atomic E-state index is 0.0390. The summed E-state index contributed by atoms with van der Waals surface area (Å²) in [6, 6.07) is 10.2. The van der Waals surface area contributed by atoms with Crippen molar-refractivity contribution in [1.29, 1.82) is 0 Å². The SMILES string of the molecule is CC(=O)Nc1nc(C)c(-c2ccc3c(c2)CCCN3S(=O)(=O)c2ccc3nc(S(C)(=O)=O)sc3c2)s1. The number of thiazole rings is 2. The van der Waals surface area contributed by atoms with Crippen LogP contribution in [0.5, 0.6) is 0 Å². The molecule has 0 unspecified atom stereocenters. The summed E-state index contributed by atoms with van der Waals surface area (Å²) in [6.45, 7) is 3.65. The topological polar surface area (TPSA) is 126 Å². The first-order valence-corrected chi connectivity index (χ1v) is 15.9. The predicted molar refractivity (Wildman–Crippen MR) is 142 cm³/mol. The van der Waals surface area contributed by atoms with E-state index in [2.05, 4.69) is 15.3 Å². The van der Waals surface area contributed by atoms with E-state index in [-0.39, 0.29) is 15.1 Å². The van der Waals surface area contributed by atoms with Crippen molar-refractivity contribution in [2.24, 2.45) is 0 Å². The molecule has 9 nitrogen and oxygen atoms in total. The largest absolute Gasteiger partial charge is 0.302 e. The van der Waals surface area contributed by atoms with Crippen LogP contribution < -0.4 is 9.62 Å². The minimum Gasteiger partial charge on any atom is -0.302 e. The van der Waals surface area contributed by atoms with Gasteiger partial charge in [-0.15, -0.1) is 11.3 Å². The summed E-state index contributed by atoms with van der Waals surface area (Å²) in [4.78, 5) is 20.9. The van der Waals surface area contributed by atoms with Crippen LogP contribution in [0.2, 0.25) is 0 Å². The molecular formula is C23H22N4O5S4. The number of sulfonamides is 1. The van der Waals surface area contributed by atoms with E-state index >= 15 is 0 Å². The third-order valence-corrected chi connectivity index (χ3v) is 11.4. The summed E-state index contributed by atoms with van der Waals surface area (Å²) < 4.78 is 52.9. The van der Waals surface area contributed by atoms with Gasteiger partial charge in [0.1, 0.15) is 0 Å². The zero-order chi connectivity index (χ0) is 25.8. The number of anilines is 2. The first-order valence-electron chi connectivity index (χ1n) is 11.0. The third kappa shape index (κ3) is 4.51. The molecule has 13 heteroatoms. The van der Waals surface area contributed by atoms with Crippen LogP contribution in [0, 0.1) is 6.92 Å². The fourth-order valence-corrected chi connectivity index (χ4v) is 8.68. The summed E-state index contributed by atoms with van der Waals surface area (Å²) >= 11 is 2.34. The lowest BCUT2D eigenvalue weighted by Gasteiger charge is -2.31. The number of carbonyl (C=O) groups is 1. The van der Waals surface area contributed by atoms with Crippen molar-refractivity contribution in [2.45, 2.75) is 35.9 Å². The summed E-state index contributed by atoms with van der Waals surface area (Å²) in [7, 11) is -7.37. The van der Waals surface area contributed by atoms with E-state index < -0.39 is 19.9 Å². The normalized spacial score (nSPS) is 14.1. The van der Waals surface area contributed by atoms with E-state index in [0.717, 1.165) is 45.7 Å². The molecule has 36 heavy (non-hydrogen) atoms. The average molecular weight is 563 g/mol. The van der Waals surface area contributed by atoms with Crippen molar-refractivity contribution in [2.75, 3.05) is 22.4 Å². The van der Waals surface area contributed by atoms with Crippen molar-refractivity contribution in [3.8, 4) is 10.4 Å². The van der Waals surface area contributed by atoms with Crippen LogP contribution in [0.3, 0.4) is 0 Å². The quantitative estimate of drug-likeness (QED) is 0.386. The van der Waals surface area contributed by atoms with Gasteiger partial charge in [0, 0.05) is 19.7 Å². The van der Waals surface area contributed by atoms with Crippen molar-refractivity contribution in [3.63, 3.8) is 0 Å². The van der Waals surface area contributed by atoms with Crippen LogP contribution in [0.4, 0.5) is 10.8 Å². The fraction of sp³-hybridized carbons (Fsp3) is 0.261. The smallest absolute Gasteiger partial charge is 0.264 e. The first kappa shape index (κ1) is 24.8. The van der Waals surface area contributed by atoms with Crippen molar-refractivity contribution in [3.05, 3.63) is 47.7 Å². The van der Waals surface area contributed by atoms with Gasteiger partial charge in [-0.05, 0) is 61.2 Å². The highest BCUT2D eigenvalue weighted by Gasteiger charge is 2.30. The second-order valence-electron chi connectivity index (χ2n) is 8.52. The fourth-order valence-electron chi connectivity index (χ4n) is 4.15. The highest BCUT2D eigenvalue weighted by Crippen LogP contribution is 2.39. The second-order valence-corrected chi connectivity index (χ2v) is 14.6. The van der Waals surface area contributed by atoms with Gasteiger partial charge in [0.05, 0.1) is 31.4 Å². The molecule has 0 radical (unpaired) electrons. The van der Waals surface area contributed by atoms with Crippen LogP contribution in [0.25, 0.3) is 20.7 Å². The number of rotatable bonds is 5. The monoisotopic (exact) mass is 562 g/mol. The molecular weight excluding hydrogens is 541 g/mol. The van der Waals surface area contributed by atoms with E-state index in [1.54, 1.807) is 6.07 Å². The van der Waals surface area contributed by atoms with Gasteiger partial charge >= 0.3 is 0 Å². The van der Waals surface area contributed by atoms with E-state index in [9.17, 15) is 21.6 Å². The van der Waals surface area contributed by atoms with Gasteiger partial charge in [0.25, 0.3) is 10.0 Å².